The molecular weight excluding hydrogens is 349 g/mol. The molecule has 24 heavy (non-hydrogen) atoms. The van der Waals surface area contributed by atoms with E-state index in [1.165, 1.54) is 6.07 Å². The molecule has 1 rings (SSSR count). The van der Waals surface area contributed by atoms with Crippen molar-refractivity contribution >= 4 is 5.97 Å². The second-order valence-corrected chi connectivity index (χ2v) is 5.30. The van der Waals surface area contributed by atoms with Gasteiger partial charge >= 0.3 is 24.0 Å². The molecule has 1 N–H and O–H groups in total. The fourth-order valence-electron chi connectivity index (χ4n) is 1.95. The summed E-state index contributed by atoms with van der Waals surface area (Å²) in [7, 11) is 1.02. The average Bonchev–Trinajstić information content (AvgIpc) is 2.44. The SMILES string of the molecule is COC(=O)c1cccc(C(C)(O)CC(F)(F)C(F)(F)C(F)(F)F)c1. The molecule has 0 bridgehead atoms. The number of ether oxygens (including phenoxy) is 1. The van der Waals surface area contributed by atoms with Gasteiger partial charge in [0.15, 0.2) is 0 Å². The van der Waals surface area contributed by atoms with Crippen LogP contribution in [0.2, 0.25) is 0 Å². The molecule has 0 saturated carbocycles. The van der Waals surface area contributed by atoms with Crippen molar-refractivity contribution in [1.82, 2.24) is 0 Å². The molecule has 10 heteroatoms. The van der Waals surface area contributed by atoms with Crippen LogP contribution in [0.1, 0.15) is 29.3 Å². The molecule has 1 atom stereocenters. The van der Waals surface area contributed by atoms with Gasteiger partial charge in [-0.05, 0) is 24.6 Å². The minimum Gasteiger partial charge on any atom is -0.465 e. The van der Waals surface area contributed by atoms with Gasteiger partial charge < -0.3 is 9.84 Å². The van der Waals surface area contributed by atoms with Gasteiger partial charge in [0.05, 0.1) is 24.7 Å². The number of methoxy groups -OCH3 is 1. The Bertz CT molecular complexity index is 609. The summed E-state index contributed by atoms with van der Waals surface area (Å²) in [6.45, 7) is 0.643. The first-order valence-electron chi connectivity index (χ1n) is 6.39. The molecule has 0 aliphatic heterocycles. The van der Waals surface area contributed by atoms with E-state index in [0.717, 1.165) is 25.3 Å². The van der Waals surface area contributed by atoms with E-state index in [0.29, 0.717) is 6.92 Å². The number of alkyl halides is 7. The molecule has 1 aromatic carbocycles. The highest BCUT2D eigenvalue weighted by molar-refractivity contribution is 5.89. The predicted molar refractivity (Wildman–Crippen MR) is 67.9 cm³/mol. The van der Waals surface area contributed by atoms with Crippen molar-refractivity contribution in [3.05, 3.63) is 35.4 Å². The zero-order chi connectivity index (χ0) is 19.0. The minimum absolute atomic E-state index is 0.193. The smallest absolute Gasteiger partial charge is 0.459 e. The summed E-state index contributed by atoms with van der Waals surface area (Å²) in [6.07, 6.45) is -8.70. The predicted octanol–water partition coefficient (Wildman–Crippen LogP) is 3.90. The van der Waals surface area contributed by atoms with E-state index in [4.69, 9.17) is 0 Å². The van der Waals surface area contributed by atoms with E-state index < -0.39 is 41.6 Å². The monoisotopic (exact) mass is 362 g/mol. The molecule has 0 saturated heterocycles. The van der Waals surface area contributed by atoms with Gasteiger partial charge in [-0.3, -0.25) is 0 Å². The van der Waals surface area contributed by atoms with Crippen LogP contribution in [0.4, 0.5) is 30.7 Å². The maximum Gasteiger partial charge on any atom is 0.459 e. The topological polar surface area (TPSA) is 46.5 Å². The maximum atomic E-state index is 13.5. The fraction of sp³-hybridized carbons (Fsp3) is 0.500. The second-order valence-electron chi connectivity index (χ2n) is 5.30. The van der Waals surface area contributed by atoms with E-state index in [1.807, 2.05) is 0 Å². The molecule has 0 radical (unpaired) electrons. The van der Waals surface area contributed by atoms with E-state index >= 15 is 0 Å². The van der Waals surface area contributed by atoms with Gasteiger partial charge in [-0.1, -0.05) is 12.1 Å². The number of rotatable bonds is 5. The third-order valence-corrected chi connectivity index (χ3v) is 3.29. The van der Waals surface area contributed by atoms with Crippen LogP contribution in [0.3, 0.4) is 0 Å². The summed E-state index contributed by atoms with van der Waals surface area (Å²) >= 11 is 0. The van der Waals surface area contributed by atoms with Crippen LogP contribution in [0.15, 0.2) is 24.3 Å². The lowest BCUT2D eigenvalue weighted by Crippen LogP contribution is -2.54. The van der Waals surface area contributed by atoms with Crippen molar-refractivity contribution in [1.29, 1.82) is 0 Å². The van der Waals surface area contributed by atoms with E-state index in [1.54, 1.807) is 0 Å². The van der Waals surface area contributed by atoms with E-state index in [-0.39, 0.29) is 5.56 Å². The summed E-state index contributed by atoms with van der Waals surface area (Å²) in [5, 5.41) is 10.00. The third kappa shape index (κ3) is 3.80. The number of hydrogen-bond acceptors (Lipinski definition) is 3. The van der Waals surface area contributed by atoms with Crippen molar-refractivity contribution < 1.29 is 45.4 Å². The molecule has 0 aromatic heterocycles. The quantitative estimate of drug-likeness (QED) is 0.638. The van der Waals surface area contributed by atoms with Crippen LogP contribution in [0.5, 0.6) is 0 Å². The maximum absolute atomic E-state index is 13.5. The van der Waals surface area contributed by atoms with Gasteiger partial charge in [-0.2, -0.15) is 30.7 Å². The normalized spacial score (nSPS) is 15.8. The Morgan fingerprint density at radius 1 is 1.12 bits per heavy atom. The van der Waals surface area contributed by atoms with Crippen LogP contribution in [-0.2, 0) is 10.3 Å². The third-order valence-electron chi connectivity index (χ3n) is 3.29. The highest BCUT2D eigenvalue weighted by Gasteiger charge is 2.73. The molecular formula is C14H13F7O3. The zero-order valence-electron chi connectivity index (χ0n) is 12.4. The number of esters is 1. The van der Waals surface area contributed by atoms with Crippen LogP contribution in [0.25, 0.3) is 0 Å². The molecule has 0 heterocycles. The first-order chi connectivity index (χ1) is 10.7. The highest BCUT2D eigenvalue weighted by Crippen LogP contribution is 2.50. The Labute approximate surface area is 132 Å². The Balaban J connectivity index is 3.20. The Morgan fingerprint density at radius 2 is 1.67 bits per heavy atom. The Kier molecular flexibility index (Phi) is 5.24. The van der Waals surface area contributed by atoms with E-state index in [9.17, 15) is 40.6 Å². The number of halogens is 7. The summed E-state index contributed by atoms with van der Waals surface area (Å²) in [6, 6.07) is 4.20. The zero-order valence-corrected chi connectivity index (χ0v) is 12.4. The molecule has 3 nitrogen and oxygen atoms in total. The van der Waals surface area contributed by atoms with Crippen molar-refractivity contribution in [3.63, 3.8) is 0 Å². The van der Waals surface area contributed by atoms with Gasteiger partial charge in [0, 0.05) is 0 Å². The average molecular weight is 362 g/mol. The summed E-state index contributed by atoms with van der Waals surface area (Å²) in [5.74, 6) is -12.8. The van der Waals surface area contributed by atoms with Gasteiger partial charge in [-0.25, -0.2) is 4.79 Å². The van der Waals surface area contributed by atoms with Crippen molar-refractivity contribution in [2.45, 2.75) is 37.0 Å². The summed E-state index contributed by atoms with van der Waals surface area (Å²) < 4.78 is 93.7. The number of hydrogen-bond donors (Lipinski definition) is 1. The largest absolute Gasteiger partial charge is 0.465 e. The lowest BCUT2D eigenvalue weighted by molar-refractivity contribution is -0.361. The molecule has 1 aromatic rings. The highest BCUT2D eigenvalue weighted by atomic mass is 19.4. The van der Waals surface area contributed by atoms with Crippen molar-refractivity contribution in [2.75, 3.05) is 7.11 Å². The van der Waals surface area contributed by atoms with Crippen LogP contribution in [0, 0.1) is 0 Å². The number of aliphatic hydroxyl groups is 1. The van der Waals surface area contributed by atoms with Gasteiger partial charge in [0.25, 0.3) is 0 Å². The lowest BCUT2D eigenvalue weighted by Gasteiger charge is -2.34. The second kappa shape index (κ2) is 6.23. The van der Waals surface area contributed by atoms with Crippen molar-refractivity contribution in [2.24, 2.45) is 0 Å². The molecule has 0 amide bonds. The first kappa shape index (κ1) is 20.2. The Hall–Kier alpha value is -1.84. The number of carbonyl (C=O) groups is 1. The van der Waals surface area contributed by atoms with Crippen molar-refractivity contribution in [3.8, 4) is 0 Å². The fourth-order valence-corrected chi connectivity index (χ4v) is 1.95. The molecule has 0 aliphatic rings. The van der Waals surface area contributed by atoms with Gasteiger partial charge in [0.1, 0.15) is 0 Å². The molecule has 0 spiro atoms. The molecule has 0 aliphatic carbocycles. The van der Waals surface area contributed by atoms with Crippen LogP contribution >= 0.6 is 0 Å². The molecule has 0 fully saturated rings. The van der Waals surface area contributed by atoms with Crippen LogP contribution < -0.4 is 0 Å². The lowest BCUT2D eigenvalue weighted by atomic mass is 9.86. The van der Waals surface area contributed by atoms with Gasteiger partial charge in [-0.15, -0.1) is 0 Å². The Morgan fingerprint density at radius 3 is 2.12 bits per heavy atom. The standard InChI is InChI=1S/C14H13F7O3/c1-11(23,7-12(15,16)13(17,18)14(19,20)21)9-5-3-4-8(6-9)10(22)24-2/h3-6,23H,7H2,1-2H3. The van der Waals surface area contributed by atoms with Gasteiger partial charge in [0.2, 0.25) is 0 Å². The number of carbonyl (C=O) groups excluding carboxylic acids is 1. The molecule has 1 unspecified atom stereocenters. The molecule has 136 valence electrons. The first-order valence-corrected chi connectivity index (χ1v) is 6.39. The summed E-state index contributed by atoms with van der Waals surface area (Å²) in [4.78, 5) is 11.3. The number of benzene rings is 1. The minimum atomic E-state index is -6.49. The van der Waals surface area contributed by atoms with Crippen LogP contribution in [-0.4, -0.2) is 36.2 Å². The van der Waals surface area contributed by atoms with E-state index in [2.05, 4.69) is 4.74 Å². The summed E-state index contributed by atoms with van der Waals surface area (Å²) in [5.41, 5.74) is -3.40.